The fraction of sp³-hybridized carbons (Fsp3) is 0.576. The molecule has 4 heterocycles. The van der Waals surface area contributed by atoms with E-state index in [-0.39, 0.29) is 78.0 Å². The number of likely N-dealkylation sites (N-methyl/N-ethyl adjacent to an activating group) is 2. The summed E-state index contributed by atoms with van der Waals surface area (Å²) < 4.78 is 26.5. The van der Waals surface area contributed by atoms with Gasteiger partial charge in [0.25, 0.3) is 0 Å². The van der Waals surface area contributed by atoms with E-state index in [0.717, 1.165) is 9.80 Å². The molecular formula is C66H94N14O20S. The zero-order valence-corrected chi connectivity index (χ0v) is 58.4. The molecule has 0 radical (unpaired) electrons. The average molecular weight is 1440 g/mol. The predicted molar refractivity (Wildman–Crippen MR) is 361 cm³/mol. The summed E-state index contributed by atoms with van der Waals surface area (Å²) in [4.78, 5) is 198. The molecule has 35 heteroatoms. The molecule has 13 atom stereocenters. The van der Waals surface area contributed by atoms with E-state index < -0.39 is 224 Å². The van der Waals surface area contributed by atoms with Crippen molar-refractivity contribution in [1.82, 2.24) is 56.9 Å². The molecule has 0 aliphatic carbocycles. The number of ether oxygens (including phenoxy) is 2. The number of H-pyrrole nitrogens is 1. The van der Waals surface area contributed by atoms with Crippen LogP contribution < -0.4 is 59.2 Å². The van der Waals surface area contributed by atoms with Gasteiger partial charge >= 0.3 is 18.2 Å². The maximum Gasteiger partial charge on any atom is 0.415 e. The summed E-state index contributed by atoms with van der Waals surface area (Å²) in [6.07, 6.45) is -7.34. The Labute approximate surface area is 585 Å². The Morgan fingerprint density at radius 2 is 1.45 bits per heavy atom. The molecule has 101 heavy (non-hydrogen) atoms. The Morgan fingerprint density at radius 3 is 2.08 bits per heavy atom. The number of nitrogens with zero attached hydrogens (tertiary/aromatic N) is 3. The first-order valence-corrected chi connectivity index (χ1v) is 34.6. The van der Waals surface area contributed by atoms with Crippen molar-refractivity contribution in [3.63, 3.8) is 0 Å². The van der Waals surface area contributed by atoms with Crippen LogP contribution in [0.4, 0.5) is 14.4 Å². The van der Waals surface area contributed by atoms with Crippen LogP contribution in [0.3, 0.4) is 0 Å². The number of Topliss-reactive ketones (excluding diaryl/α,β-unsaturated/α-hetero) is 3. The summed E-state index contributed by atoms with van der Waals surface area (Å²) >= 11 is 0. The Bertz CT molecular complexity index is 3590. The van der Waals surface area contributed by atoms with Gasteiger partial charge in [-0.05, 0) is 59.9 Å². The number of aliphatic hydroxyl groups is 3. The Morgan fingerprint density at radius 1 is 0.802 bits per heavy atom. The minimum atomic E-state index is -2.48. The third kappa shape index (κ3) is 22.8. The van der Waals surface area contributed by atoms with E-state index >= 15 is 4.21 Å². The summed E-state index contributed by atoms with van der Waals surface area (Å²) in [5, 5.41) is 49.7. The summed E-state index contributed by atoms with van der Waals surface area (Å²) in [7, 11) is 0.343. The van der Waals surface area contributed by atoms with Crippen LogP contribution in [0.2, 0.25) is 0 Å². The highest BCUT2D eigenvalue weighted by Crippen LogP contribution is 2.33. The molecule has 1 aromatic heterocycles. The predicted octanol–water partition coefficient (Wildman–Crippen LogP) is -2.72. The number of aromatic amines is 1. The van der Waals surface area contributed by atoms with Crippen molar-refractivity contribution < 1.29 is 96.1 Å². The van der Waals surface area contributed by atoms with Crippen molar-refractivity contribution >= 4 is 105 Å². The van der Waals surface area contributed by atoms with Crippen LogP contribution in [0.1, 0.15) is 96.3 Å². The van der Waals surface area contributed by atoms with Gasteiger partial charge in [-0.2, -0.15) is 0 Å². The molecule has 2 aromatic carbocycles. The lowest BCUT2D eigenvalue weighted by Gasteiger charge is -2.32. The largest absolute Gasteiger partial charge is 0.445 e. The zero-order chi connectivity index (χ0) is 74.7. The van der Waals surface area contributed by atoms with Crippen LogP contribution in [0.15, 0.2) is 47.5 Å². The van der Waals surface area contributed by atoms with Crippen LogP contribution in [0.5, 0.6) is 5.75 Å². The maximum atomic E-state index is 15.2. The zero-order valence-electron chi connectivity index (χ0n) is 57.5. The molecule has 1 fully saturated rings. The number of benzene rings is 2. The Kier molecular flexibility index (Phi) is 29.7. The number of urea groups is 1. The molecule has 6 rings (SSSR count). The molecule has 12 amide bonds. The Hall–Kier alpha value is -9.45. The van der Waals surface area contributed by atoms with Gasteiger partial charge in [0.1, 0.15) is 29.5 Å². The minimum Gasteiger partial charge on any atom is -0.445 e. The molecular weight excluding hydrogens is 1340 g/mol. The van der Waals surface area contributed by atoms with Crippen molar-refractivity contribution in [2.45, 2.75) is 152 Å². The molecule has 3 aromatic rings. The first-order chi connectivity index (χ1) is 47.7. The van der Waals surface area contributed by atoms with Crippen LogP contribution in [-0.2, 0) is 87.7 Å². The standard InChI is InChI=1S/C66H94N14O20S/c1-8-34(4)56-61(93)72-27-53(88)73-46-32-101(98)62-43(21-38(58(90)71-28-54(89)76-56)22-50(85)57(35(5)51(86)30-81)77-59(91)47-25-40(82)29-80(47)63(94)39(23-49(46)84)24-52(67)87)42-16-15-41(26-45(42)75-62)100-66(97)79(7)19-18-78(6)65(96)99-31-37-13-11-36(12-14-37)20-48(83)44(10-9-17-70-64(69)95)74-60(92)55(68)33(2)3/h11-16,26,33-35,38-40,44,46-47,51,55-57,75,81-82,86H,8-10,17-25,27-32,68H2,1-7H3,(H2,67,87)(H,71,90)(H,72,93)(H,73,88)(H,74,92)(H,76,89)(H,77,91)(H3,69,70,95)/t34-,35-,38-,39-,40+,44-,46-,47-,51-,55-,56-,57-,101?/m0/s1. The number of carbonyl (C=O) groups is 14. The number of nitrogens with one attached hydrogen (secondary N) is 8. The fourth-order valence-corrected chi connectivity index (χ4v) is 13.1. The van der Waals surface area contributed by atoms with Gasteiger partial charge in [-0.25, -0.2) is 14.4 Å². The number of amides is 12. The summed E-state index contributed by atoms with van der Waals surface area (Å²) in [5.74, 6) is -15.8. The van der Waals surface area contributed by atoms with Crippen molar-refractivity contribution in [2.24, 2.45) is 46.8 Å². The van der Waals surface area contributed by atoms with Gasteiger partial charge in [-0.15, -0.1) is 0 Å². The number of ketones is 3. The van der Waals surface area contributed by atoms with Gasteiger partial charge in [0.05, 0.1) is 84.1 Å². The van der Waals surface area contributed by atoms with E-state index in [1.165, 1.54) is 44.1 Å². The van der Waals surface area contributed by atoms with E-state index in [1.807, 2.05) is 0 Å². The van der Waals surface area contributed by atoms with E-state index in [2.05, 4.69) is 42.2 Å². The third-order valence-electron chi connectivity index (χ3n) is 18.2. The third-order valence-corrected chi connectivity index (χ3v) is 19.6. The molecule has 0 spiro atoms. The molecule has 34 nitrogen and oxygen atoms in total. The quantitative estimate of drug-likeness (QED) is 0.0429. The van der Waals surface area contributed by atoms with E-state index in [9.17, 15) is 82.4 Å². The van der Waals surface area contributed by atoms with Gasteiger partial charge in [0.2, 0.25) is 47.3 Å². The molecule has 1 saturated heterocycles. The molecule has 0 saturated carbocycles. The number of carbonyl (C=O) groups excluding carboxylic acids is 14. The number of hydrogen-bond donors (Lipinski definition) is 14. The normalized spacial score (nSPS) is 22.9. The molecule has 3 aliphatic rings. The van der Waals surface area contributed by atoms with Crippen molar-refractivity contribution in [1.29, 1.82) is 0 Å². The maximum absolute atomic E-state index is 15.2. The number of nitrogens with two attached hydrogens (primary N) is 3. The number of primary amides is 2. The first-order valence-electron chi connectivity index (χ1n) is 33.3. The minimum absolute atomic E-state index is 0.0556. The van der Waals surface area contributed by atoms with E-state index in [1.54, 1.807) is 52.0 Å². The highest BCUT2D eigenvalue weighted by molar-refractivity contribution is 7.85. The second-order valence-electron chi connectivity index (χ2n) is 26.2. The van der Waals surface area contributed by atoms with Gasteiger partial charge in [0.15, 0.2) is 17.3 Å². The first kappa shape index (κ1) is 80.5. The summed E-state index contributed by atoms with van der Waals surface area (Å²) in [5.41, 5.74) is 18.1. The molecule has 3 aliphatic heterocycles. The Balaban J connectivity index is 1.28. The van der Waals surface area contributed by atoms with Gasteiger partial charge in [-0.1, -0.05) is 65.3 Å². The number of hydrogen-bond acceptors (Lipinski definition) is 21. The SMILES string of the molecule is CC[C@H](C)[C@@H]1NC(=O)CNC(=O)[C@@H]2CC(=O)[C@H]([C@@H](C)[C@@H](O)CO)NC(=O)[C@@H]3C[C@@H](O)CN3C(=O)[C@H](CC(N)=O)CC(=O)[C@H](CS(=O)c3[nH]c4cc(OC(=O)N(C)CCN(C)C(=O)OCc5ccc(CC(=O)[C@H](CCCNC(N)=O)NC(=O)[C@@H](N)C(C)C)cc5)ccc4c3C2)NC(=O)CNC1=O. The van der Waals surface area contributed by atoms with Crippen LogP contribution >= 0.6 is 0 Å². The summed E-state index contributed by atoms with van der Waals surface area (Å²) in [6.45, 7) is 5.08. The smallest absolute Gasteiger partial charge is 0.415 e. The number of rotatable bonds is 23. The molecule has 1 unspecified atom stereocenters. The lowest BCUT2D eigenvalue weighted by molar-refractivity contribution is -0.145. The lowest BCUT2D eigenvalue weighted by atomic mass is 9.85. The lowest BCUT2D eigenvalue weighted by Crippen LogP contribution is -2.56. The number of fused-ring (bicyclic) bond motifs is 5. The van der Waals surface area contributed by atoms with Gasteiger partial charge < -0.3 is 98.9 Å². The second kappa shape index (κ2) is 37.3. The van der Waals surface area contributed by atoms with Crippen molar-refractivity contribution in [2.75, 3.05) is 65.7 Å². The number of aliphatic hydroxyl groups excluding tert-OH is 3. The molecule has 2 bridgehead atoms. The van der Waals surface area contributed by atoms with Crippen LogP contribution in [-0.4, -0.2) is 236 Å². The molecule has 17 N–H and O–H groups in total. The van der Waals surface area contributed by atoms with Crippen molar-refractivity contribution in [3.8, 4) is 5.75 Å². The number of aromatic nitrogens is 1. The summed E-state index contributed by atoms with van der Waals surface area (Å²) in [6, 6.07) is 1.89. The van der Waals surface area contributed by atoms with Gasteiger partial charge in [-0.3, -0.25) is 56.9 Å². The van der Waals surface area contributed by atoms with Gasteiger partial charge in [0, 0.05) is 95.7 Å². The fourth-order valence-electron chi connectivity index (χ4n) is 11.7. The molecule has 554 valence electrons. The van der Waals surface area contributed by atoms with E-state index in [4.69, 9.17) is 26.7 Å². The van der Waals surface area contributed by atoms with E-state index in [0.29, 0.717) is 24.0 Å². The topological polar surface area (TPSA) is 523 Å². The van der Waals surface area contributed by atoms with Crippen LogP contribution in [0, 0.1) is 29.6 Å². The van der Waals surface area contributed by atoms with Crippen molar-refractivity contribution in [3.05, 3.63) is 59.2 Å². The highest BCUT2D eigenvalue weighted by atomic mass is 32.2. The monoisotopic (exact) mass is 1430 g/mol. The average Bonchev–Trinajstić information content (AvgIpc) is 1.65. The highest BCUT2D eigenvalue weighted by Gasteiger charge is 2.45. The van der Waals surface area contributed by atoms with Crippen LogP contribution in [0.25, 0.3) is 10.9 Å². The second-order valence-corrected chi connectivity index (χ2v) is 27.7.